The molecule has 130 valence electrons. The number of sulfonamides is 1. The highest BCUT2D eigenvalue weighted by molar-refractivity contribution is 7.89. The van der Waals surface area contributed by atoms with Crippen LogP contribution >= 0.6 is 0 Å². The molecule has 2 atom stereocenters. The molecule has 0 saturated carbocycles. The van der Waals surface area contributed by atoms with Gasteiger partial charge in [-0.2, -0.15) is 9.40 Å². The monoisotopic (exact) mass is 344 g/mol. The number of methoxy groups -OCH3 is 1. The second kappa shape index (κ2) is 6.86. The molecule has 23 heavy (non-hydrogen) atoms. The Labute approximate surface area is 137 Å². The minimum absolute atomic E-state index is 0.0479. The summed E-state index contributed by atoms with van der Waals surface area (Å²) in [5.41, 5.74) is 1.12. The van der Waals surface area contributed by atoms with E-state index in [2.05, 4.69) is 10.00 Å². The zero-order chi connectivity index (χ0) is 16.4. The van der Waals surface area contributed by atoms with Crippen LogP contribution in [0.3, 0.4) is 0 Å². The summed E-state index contributed by atoms with van der Waals surface area (Å²) in [6.45, 7) is 3.19. The number of ether oxygens (including phenoxy) is 2. The van der Waals surface area contributed by atoms with Crippen molar-refractivity contribution in [3.63, 3.8) is 0 Å². The number of nitrogens with zero attached hydrogens (tertiary/aromatic N) is 4. The second-order valence-electron chi connectivity index (χ2n) is 6.11. The molecule has 0 amide bonds. The van der Waals surface area contributed by atoms with E-state index < -0.39 is 10.0 Å². The Morgan fingerprint density at radius 3 is 2.96 bits per heavy atom. The SMILES string of the molecule is COCCN1[C@@H]2CN(Cc3cnn(C)c3)C[C@@H]2OCCS1(=O)=O. The van der Waals surface area contributed by atoms with E-state index in [1.807, 2.05) is 19.4 Å². The summed E-state index contributed by atoms with van der Waals surface area (Å²) >= 11 is 0. The second-order valence-corrected chi connectivity index (χ2v) is 8.15. The van der Waals surface area contributed by atoms with Crippen molar-refractivity contribution in [2.45, 2.75) is 18.7 Å². The summed E-state index contributed by atoms with van der Waals surface area (Å²) in [6.07, 6.45) is 3.74. The molecule has 1 aromatic rings. The molecule has 0 aliphatic carbocycles. The summed E-state index contributed by atoms with van der Waals surface area (Å²) in [5, 5.41) is 4.18. The molecule has 8 nitrogen and oxygen atoms in total. The molecule has 2 saturated heterocycles. The van der Waals surface area contributed by atoms with Gasteiger partial charge >= 0.3 is 0 Å². The zero-order valence-corrected chi connectivity index (χ0v) is 14.4. The fourth-order valence-corrected chi connectivity index (χ4v) is 4.84. The van der Waals surface area contributed by atoms with Gasteiger partial charge in [0.15, 0.2) is 0 Å². The van der Waals surface area contributed by atoms with Crippen molar-refractivity contribution in [2.75, 3.05) is 45.7 Å². The van der Waals surface area contributed by atoms with Gasteiger partial charge in [0.05, 0.1) is 37.3 Å². The molecular weight excluding hydrogens is 320 g/mol. The maximum Gasteiger partial charge on any atom is 0.216 e. The highest BCUT2D eigenvalue weighted by atomic mass is 32.2. The predicted molar refractivity (Wildman–Crippen MR) is 84.4 cm³/mol. The fraction of sp³-hybridized carbons (Fsp3) is 0.786. The van der Waals surface area contributed by atoms with Gasteiger partial charge < -0.3 is 9.47 Å². The lowest BCUT2D eigenvalue weighted by Gasteiger charge is -2.28. The molecule has 0 N–H and O–H groups in total. The van der Waals surface area contributed by atoms with Gasteiger partial charge in [0.2, 0.25) is 10.0 Å². The van der Waals surface area contributed by atoms with Gasteiger partial charge in [-0.05, 0) is 0 Å². The Kier molecular flexibility index (Phi) is 5.02. The van der Waals surface area contributed by atoms with Crippen LogP contribution in [0.5, 0.6) is 0 Å². The topological polar surface area (TPSA) is 76.9 Å². The van der Waals surface area contributed by atoms with Crippen LogP contribution in [0, 0.1) is 0 Å². The molecule has 1 aromatic heterocycles. The smallest absolute Gasteiger partial charge is 0.216 e. The largest absolute Gasteiger partial charge is 0.383 e. The molecule has 0 aromatic carbocycles. The molecule has 2 fully saturated rings. The minimum atomic E-state index is -3.29. The number of aryl methyl sites for hydroxylation is 1. The lowest BCUT2D eigenvalue weighted by Crippen LogP contribution is -2.47. The Balaban J connectivity index is 1.73. The van der Waals surface area contributed by atoms with Crippen LogP contribution in [0.1, 0.15) is 5.56 Å². The van der Waals surface area contributed by atoms with E-state index in [4.69, 9.17) is 9.47 Å². The number of hydrogen-bond acceptors (Lipinski definition) is 6. The molecule has 0 spiro atoms. The first-order valence-electron chi connectivity index (χ1n) is 7.79. The third-order valence-corrected chi connectivity index (χ3v) is 6.24. The highest BCUT2D eigenvalue weighted by Crippen LogP contribution is 2.26. The molecular formula is C14H24N4O4S. The van der Waals surface area contributed by atoms with E-state index in [0.29, 0.717) is 19.7 Å². The fourth-order valence-electron chi connectivity index (χ4n) is 3.33. The van der Waals surface area contributed by atoms with Crippen LogP contribution in [-0.2, 0) is 33.1 Å². The van der Waals surface area contributed by atoms with E-state index >= 15 is 0 Å². The average molecular weight is 344 g/mol. The first-order valence-corrected chi connectivity index (χ1v) is 9.40. The summed E-state index contributed by atoms with van der Waals surface area (Å²) in [6, 6.07) is -0.144. The van der Waals surface area contributed by atoms with E-state index in [1.165, 1.54) is 0 Å². The Morgan fingerprint density at radius 2 is 2.26 bits per heavy atom. The molecule has 0 bridgehead atoms. The average Bonchev–Trinajstić information content (AvgIpc) is 3.03. The van der Waals surface area contributed by atoms with Gasteiger partial charge in [0, 0.05) is 52.1 Å². The Morgan fingerprint density at radius 1 is 1.43 bits per heavy atom. The van der Waals surface area contributed by atoms with Crippen molar-refractivity contribution in [3.05, 3.63) is 18.0 Å². The summed E-state index contributed by atoms with van der Waals surface area (Å²) in [4.78, 5) is 2.23. The van der Waals surface area contributed by atoms with Crippen molar-refractivity contribution >= 4 is 10.0 Å². The third-order valence-electron chi connectivity index (χ3n) is 4.39. The quantitative estimate of drug-likeness (QED) is 0.702. The Hall–Kier alpha value is -1.00. The van der Waals surface area contributed by atoms with Gasteiger partial charge in [-0.1, -0.05) is 0 Å². The molecule has 9 heteroatoms. The molecule has 3 heterocycles. The van der Waals surface area contributed by atoms with Crippen molar-refractivity contribution in [1.29, 1.82) is 0 Å². The van der Waals surface area contributed by atoms with Crippen LogP contribution in [0.4, 0.5) is 0 Å². The summed E-state index contributed by atoms with van der Waals surface area (Å²) in [7, 11) is 0.180. The lowest BCUT2D eigenvalue weighted by atomic mass is 10.2. The highest BCUT2D eigenvalue weighted by Gasteiger charge is 2.44. The molecule has 3 rings (SSSR count). The number of fused-ring (bicyclic) bond motifs is 1. The van der Waals surface area contributed by atoms with Crippen LogP contribution in [0.2, 0.25) is 0 Å². The number of likely N-dealkylation sites (tertiary alicyclic amines) is 1. The molecule has 0 unspecified atom stereocenters. The standard InChI is InChI=1S/C14H24N4O4S/c1-16-8-12(7-15-16)9-17-10-13-14(11-17)22-5-6-23(19,20)18(13)3-4-21-2/h7-8,13-14H,3-6,9-11H2,1-2H3/t13-,14+/m1/s1. The zero-order valence-electron chi connectivity index (χ0n) is 13.6. The van der Waals surface area contributed by atoms with Gasteiger partial charge in [0.1, 0.15) is 0 Å². The number of rotatable bonds is 5. The van der Waals surface area contributed by atoms with Crippen molar-refractivity contribution in [2.24, 2.45) is 7.05 Å². The van der Waals surface area contributed by atoms with Crippen LogP contribution in [0.15, 0.2) is 12.4 Å². The van der Waals surface area contributed by atoms with Crippen molar-refractivity contribution < 1.29 is 17.9 Å². The van der Waals surface area contributed by atoms with Gasteiger partial charge in [-0.25, -0.2) is 8.42 Å². The number of aromatic nitrogens is 2. The number of hydrogen-bond donors (Lipinski definition) is 0. The van der Waals surface area contributed by atoms with E-state index in [0.717, 1.165) is 18.7 Å². The predicted octanol–water partition coefficient (Wildman–Crippen LogP) is -0.719. The maximum absolute atomic E-state index is 12.5. The van der Waals surface area contributed by atoms with Crippen molar-refractivity contribution in [3.8, 4) is 0 Å². The summed E-state index contributed by atoms with van der Waals surface area (Å²) < 4.78 is 39.2. The van der Waals surface area contributed by atoms with Gasteiger partial charge in [-0.15, -0.1) is 0 Å². The Bertz CT molecular complexity index is 632. The van der Waals surface area contributed by atoms with E-state index in [-0.39, 0.29) is 24.5 Å². The van der Waals surface area contributed by atoms with Gasteiger partial charge in [0.25, 0.3) is 0 Å². The maximum atomic E-state index is 12.5. The van der Waals surface area contributed by atoms with Crippen molar-refractivity contribution in [1.82, 2.24) is 19.0 Å². The van der Waals surface area contributed by atoms with E-state index in [9.17, 15) is 8.42 Å². The first-order chi connectivity index (χ1) is 11.0. The van der Waals surface area contributed by atoms with Crippen LogP contribution in [0.25, 0.3) is 0 Å². The third kappa shape index (κ3) is 3.74. The lowest BCUT2D eigenvalue weighted by molar-refractivity contribution is 0.0431. The minimum Gasteiger partial charge on any atom is -0.383 e. The first kappa shape index (κ1) is 16.8. The summed E-state index contributed by atoms with van der Waals surface area (Å²) in [5.74, 6) is 0.0479. The van der Waals surface area contributed by atoms with Gasteiger partial charge in [-0.3, -0.25) is 9.58 Å². The van der Waals surface area contributed by atoms with Crippen LogP contribution < -0.4 is 0 Å². The van der Waals surface area contributed by atoms with Crippen LogP contribution in [-0.4, -0.2) is 85.3 Å². The molecule has 2 aliphatic rings. The molecule has 0 radical (unpaired) electrons. The normalized spacial score (nSPS) is 28.6. The molecule has 2 aliphatic heterocycles. The van der Waals surface area contributed by atoms with E-state index in [1.54, 1.807) is 16.1 Å².